The van der Waals surface area contributed by atoms with Crippen LogP contribution in [0.5, 0.6) is 0 Å². The van der Waals surface area contributed by atoms with E-state index in [9.17, 15) is 4.79 Å². The molecule has 1 N–H and O–H groups in total. The van der Waals surface area contributed by atoms with Crippen LogP contribution in [0.4, 0.5) is 0 Å². The van der Waals surface area contributed by atoms with Crippen LogP contribution in [0, 0.1) is 5.92 Å². The van der Waals surface area contributed by atoms with Crippen LogP contribution in [-0.4, -0.2) is 50.7 Å². The molecule has 1 aliphatic rings. The lowest BCUT2D eigenvalue weighted by Crippen LogP contribution is -2.47. The second kappa shape index (κ2) is 7.74. The average molecular weight is 256 g/mol. The fourth-order valence-corrected chi connectivity index (χ4v) is 2.75. The van der Waals surface area contributed by atoms with E-state index in [4.69, 9.17) is 4.74 Å². The third-order valence-electron chi connectivity index (χ3n) is 4.07. The lowest BCUT2D eigenvalue weighted by atomic mass is 9.83. The van der Waals surface area contributed by atoms with E-state index in [0.717, 1.165) is 6.54 Å². The van der Waals surface area contributed by atoms with E-state index < -0.39 is 0 Å². The SMILES string of the molecule is COC(C)C(=O)NCC(C1CCCCC1)N(C)C. The molecule has 0 aromatic rings. The summed E-state index contributed by atoms with van der Waals surface area (Å²) in [6.45, 7) is 2.50. The number of nitrogens with one attached hydrogen (secondary N) is 1. The van der Waals surface area contributed by atoms with Gasteiger partial charge in [0.2, 0.25) is 5.91 Å². The predicted octanol–water partition coefficient (Wildman–Crippen LogP) is 1.65. The van der Waals surface area contributed by atoms with Crippen LogP contribution in [0.3, 0.4) is 0 Å². The van der Waals surface area contributed by atoms with Crippen molar-refractivity contribution in [3.8, 4) is 0 Å². The fraction of sp³-hybridized carbons (Fsp3) is 0.929. The summed E-state index contributed by atoms with van der Waals surface area (Å²) in [5.74, 6) is 0.701. The minimum atomic E-state index is -0.362. The summed E-state index contributed by atoms with van der Waals surface area (Å²) in [4.78, 5) is 14.0. The summed E-state index contributed by atoms with van der Waals surface area (Å²) < 4.78 is 5.02. The van der Waals surface area contributed by atoms with Gasteiger partial charge in [-0.3, -0.25) is 4.79 Å². The Morgan fingerprint density at radius 2 is 1.94 bits per heavy atom. The molecule has 2 unspecified atom stereocenters. The maximum Gasteiger partial charge on any atom is 0.248 e. The monoisotopic (exact) mass is 256 g/mol. The number of methoxy groups -OCH3 is 1. The highest BCUT2D eigenvalue weighted by Gasteiger charge is 2.26. The normalized spacial score (nSPS) is 20.7. The van der Waals surface area contributed by atoms with Gasteiger partial charge in [-0.15, -0.1) is 0 Å². The van der Waals surface area contributed by atoms with Crippen molar-refractivity contribution in [2.24, 2.45) is 5.92 Å². The first kappa shape index (κ1) is 15.4. The number of carbonyl (C=O) groups excluding carboxylic acids is 1. The lowest BCUT2D eigenvalue weighted by molar-refractivity contribution is -0.130. The van der Waals surface area contributed by atoms with E-state index in [1.807, 2.05) is 0 Å². The number of likely N-dealkylation sites (N-methyl/N-ethyl adjacent to an activating group) is 1. The molecular weight excluding hydrogens is 228 g/mol. The summed E-state index contributed by atoms with van der Waals surface area (Å²) in [5.41, 5.74) is 0. The van der Waals surface area contributed by atoms with Gasteiger partial charge in [-0.1, -0.05) is 19.3 Å². The zero-order valence-electron chi connectivity index (χ0n) is 12.2. The summed E-state index contributed by atoms with van der Waals surface area (Å²) in [6.07, 6.45) is 6.24. The van der Waals surface area contributed by atoms with Crippen molar-refractivity contribution in [1.29, 1.82) is 0 Å². The third-order valence-corrected chi connectivity index (χ3v) is 4.07. The van der Waals surface area contributed by atoms with Gasteiger partial charge < -0.3 is 15.0 Å². The van der Waals surface area contributed by atoms with Crippen molar-refractivity contribution in [2.45, 2.75) is 51.2 Å². The smallest absolute Gasteiger partial charge is 0.248 e. The molecule has 0 aromatic carbocycles. The van der Waals surface area contributed by atoms with Gasteiger partial charge in [0.05, 0.1) is 0 Å². The standard InChI is InChI=1S/C14H28N2O2/c1-11(18-4)14(17)15-10-13(16(2)3)12-8-6-5-7-9-12/h11-13H,5-10H2,1-4H3,(H,15,17). The van der Waals surface area contributed by atoms with Crippen molar-refractivity contribution >= 4 is 5.91 Å². The van der Waals surface area contributed by atoms with E-state index in [0.29, 0.717) is 12.0 Å². The van der Waals surface area contributed by atoms with E-state index >= 15 is 0 Å². The summed E-state index contributed by atoms with van der Waals surface area (Å²) in [7, 11) is 5.77. The van der Waals surface area contributed by atoms with Crippen molar-refractivity contribution in [3.05, 3.63) is 0 Å². The molecule has 2 atom stereocenters. The highest BCUT2D eigenvalue weighted by atomic mass is 16.5. The second-order valence-electron chi connectivity index (χ2n) is 5.55. The van der Waals surface area contributed by atoms with Crippen molar-refractivity contribution in [3.63, 3.8) is 0 Å². The summed E-state index contributed by atoms with van der Waals surface area (Å²) in [5, 5.41) is 3.01. The Bertz CT molecular complexity index is 250. The molecule has 0 aromatic heterocycles. The van der Waals surface area contributed by atoms with E-state index in [-0.39, 0.29) is 12.0 Å². The molecule has 0 spiro atoms. The molecule has 18 heavy (non-hydrogen) atoms. The van der Waals surface area contributed by atoms with Crippen LogP contribution >= 0.6 is 0 Å². The Morgan fingerprint density at radius 1 is 1.33 bits per heavy atom. The molecular formula is C14H28N2O2. The highest BCUT2D eigenvalue weighted by Crippen LogP contribution is 2.28. The Labute approximate surface area is 111 Å². The van der Waals surface area contributed by atoms with Gasteiger partial charge in [0.25, 0.3) is 0 Å². The number of carbonyl (C=O) groups is 1. The molecule has 0 heterocycles. The van der Waals surface area contributed by atoms with Crippen LogP contribution in [-0.2, 0) is 9.53 Å². The number of hydrogen-bond acceptors (Lipinski definition) is 3. The molecule has 0 radical (unpaired) electrons. The number of rotatable bonds is 6. The van der Waals surface area contributed by atoms with Gasteiger partial charge in [0, 0.05) is 19.7 Å². The number of amides is 1. The van der Waals surface area contributed by atoms with Crippen LogP contribution in [0.25, 0.3) is 0 Å². The molecule has 1 aliphatic carbocycles. The van der Waals surface area contributed by atoms with Crippen LogP contribution in [0.15, 0.2) is 0 Å². The minimum Gasteiger partial charge on any atom is -0.372 e. The Kier molecular flexibility index (Phi) is 6.65. The first-order valence-electron chi connectivity index (χ1n) is 7.03. The number of nitrogens with zero attached hydrogens (tertiary/aromatic N) is 1. The zero-order valence-corrected chi connectivity index (χ0v) is 12.2. The quantitative estimate of drug-likeness (QED) is 0.785. The zero-order chi connectivity index (χ0) is 13.5. The van der Waals surface area contributed by atoms with E-state index in [2.05, 4.69) is 24.3 Å². The highest BCUT2D eigenvalue weighted by molar-refractivity contribution is 5.80. The first-order chi connectivity index (χ1) is 8.56. The van der Waals surface area contributed by atoms with Crippen LogP contribution < -0.4 is 5.32 Å². The molecule has 0 saturated heterocycles. The minimum absolute atomic E-state index is 0.0137. The van der Waals surface area contributed by atoms with Gasteiger partial charge in [0.15, 0.2) is 0 Å². The fourth-order valence-electron chi connectivity index (χ4n) is 2.75. The Morgan fingerprint density at radius 3 is 2.44 bits per heavy atom. The van der Waals surface area contributed by atoms with Crippen molar-refractivity contribution in [2.75, 3.05) is 27.7 Å². The van der Waals surface area contributed by atoms with Crippen molar-refractivity contribution in [1.82, 2.24) is 10.2 Å². The maximum absolute atomic E-state index is 11.7. The molecule has 0 bridgehead atoms. The second-order valence-corrected chi connectivity index (χ2v) is 5.55. The molecule has 4 nitrogen and oxygen atoms in total. The lowest BCUT2D eigenvalue weighted by Gasteiger charge is -2.35. The first-order valence-corrected chi connectivity index (χ1v) is 7.03. The van der Waals surface area contributed by atoms with Crippen LogP contribution in [0.2, 0.25) is 0 Å². The van der Waals surface area contributed by atoms with Gasteiger partial charge in [-0.25, -0.2) is 0 Å². The molecule has 1 saturated carbocycles. The van der Waals surface area contributed by atoms with Crippen LogP contribution in [0.1, 0.15) is 39.0 Å². The molecule has 0 aliphatic heterocycles. The van der Waals surface area contributed by atoms with E-state index in [1.165, 1.54) is 32.1 Å². The summed E-state index contributed by atoms with van der Waals surface area (Å²) >= 11 is 0. The number of hydrogen-bond donors (Lipinski definition) is 1. The molecule has 1 fully saturated rings. The maximum atomic E-state index is 11.7. The topological polar surface area (TPSA) is 41.6 Å². The molecule has 4 heteroatoms. The number of ether oxygens (including phenoxy) is 1. The predicted molar refractivity (Wildman–Crippen MR) is 73.5 cm³/mol. The molecule has 1 rings (SSSR count). The van der Waals surface area contributed by atoms with Crippen molar-refractivity contribution < 1.29 is 9.53 Å². The molecule has 1 amide bonds. The summed E-state index contributed by atoms with van der Waals surface area (Å²) in [6, 6.07) is 0.443. The Hall–Kier alpha value is -0.610. The van der Waals surface area contributed by atoms with Gasteiger partial charge in [0.1, 0.15) is 6.10 Å². The Balaban J connectivity index is 2.45. The van der Waals surface area contributed by atoms with Gasteiger partial charge in [-0.05, 0) is 39.8 Å². The van der Waals surface area contributed by atoms with Gasteiger partial charge in [-0.2, -0.15) is 0 Å². The van der Waals surface area contributed by atoms with E-state index in [1.54, 1.807) is 14.0 Å². The third kappa shape index (κ3) is 4.58. The largest absolute Gasteiger partial charge is 0.372 e. The average Bonchev–Trinajstić information content (AvgIpc) is 2.38. The van der Waals surface area contributed by atoms with Gasteiger partial charge >= 0.3 is 0 Å². The molecule has 106 valence electrons.